The molecule has 0 aliphatic heterocycles. The minimum absolute atomic E-state index is 0.922. The number of aryl methyl sites for hydroxylation is 1. The SMILES string of the molecule is CCn1c2ccc(-c3ccccc3)cc2c2ccc(-c3cccc(-c4ccccc4)n3)cc21. The molecular formula is C31H24N2. The van der Waals surface area contributed by atoms with Crippen molar-refractivity contribution in [2.75, 3.05) is 0 Å². The van der Waals surface area contributed by atoms with E-state index in [4.69, 9.17) is 4.98 Å². The first-order valence-electron chi connectivity index (χ1n) is 11.5. The zero-order valence-electron chi connectivity index (χ0n) is 18.6. The molecule has 6 rings (SSSR count). The Hall–Kier alpha value is -4.17. The zero-order valence-corrected chi connectivity index (χ0v) is 18.6. The highest BCUT2D eigenvalue weighted by Crippen LogP contribution is 2.35. The normalized spacial score (nSPS) is 11.3. The maximum atomic E-state index is 4.97. The lowest BCUT2D eigenvalue weighted by Gasteiger charge is -2.07. The van der Waals surface area contributed by atoms with E-state index in [9.17, 15) is 0 Å². The lowest BCUT2D eigenvalue weighted by molar-refractivity contribution is 0.827. The predicted octanol–water partition coefficient (Wildman–Crippen LogP) is 8.21. The van der Waals surface area contributed by atoms with E-state index in [1.807, 2.05) is 6.07 Å². The van der Waals surface area contributed by atoms with E-state index in [1.165, 1.54) is 32.9 Å². The van der Waals surface area contributed by atoms with E-state index in [1.54, 1.807) is 0 Å². The van der Waals surface area contributed by atoms with Crippen LogP contribution in [0, 0.1) is 0 Å². The van der Waals surface area contributed by atoms with E-state index in [0.29, 0.717) is 0 Å². The van der Waals surface area contributed by atoms with Crippen molar-refractivity contribution < 1.29 is 0 Å². The molecule has 0 saturated carbocycles. The largest absolute Gasteiger partial charge is 0.341 e. The summed E-state index contributed by atoms with van der Waals surface area (Å²) in [5.74, 6) is 0. The third-order valence-corrected chi connectivity index (χ3v) is 6.40. The quantitative estimate of drug-likeness (QED) is 0.279. The van der Waals surface area contributed by atoms with Crippen molar-refractivity contribution in [1.82, 2.24) is 9.55 Å². The Morgan fingerprint density at radius 2 is 1.18 bits per heavy atom. The summed E-state index contributed by atoms with van der Waals surface area (Å²) < 4.78 is 2.41. The van der Waals surface area contributed by atoms with Crippen LogP contribution in [-0.2, 0) is 6.54 Å². The summed E-state index contributed by atoms with van der Waals surface area (Å²) in [6, 6.07) is 40.8. The Morgan fingerprint density at radius 1 is 0.515 bits per heavy atom. The molecule has 0 N–H and O–H groups in total. The Bertz CT molecular complexity index is 1580. The first-order valence-corrected chi connectivity index (χ1v) is 11.5. The Labute approximate surface area is 193 Å². The van der Waals surface area contributed by atoms with Crippen molar-refractivity contribution in [2.45, 2.75) is 13.5 Å². The van der Waals surface area contributed by atoms with Crippen molar-refractivity contribution in [3.05, 3.63) is 115 Å². The van der Waals surface area contributed by atoms with Crippen molar-refractivity contribution >= 4 is 21.8 Å². The van der Waals surface area contributed by atoms with Gasteiger partial charge in [-0.25, -0.2) is 4.98 Å². The number of aromatic nitrogens is 2. The number of hydrogen-bond acceptors (Lipinski definition) is 1. The first-order chi connectivity index (χ1) is 16.3. The van der Waals surface area contributed by atoms with Crippen molar-refractivity contribution in [3.8, 4) is 33.6 Å². The monoisotopic (exact) mass is 424 g/mol. The van der Waals surface area contributed by atoms with Gasteiger partial charge in [-0.15, -0.1) is 0 Å². The van der Waals surface area contributed by atoms with Gasteiger partial charge in [-0.1, -0.05) is 84.9 Å². The van der Waals surface area contributed by atoms with Crippen LogP contribution in [0.2, 0.25) is 0 Å². The average Bonchev–Trinajstić information content (AvgIpc) is 3.22. The molecule has 0 unspecified atom stereocenters. The van der Waals surface area contributed by atoms with Crippen LogP contribution in [0.25, 0.3) is 55.4 Å². The van der Waals surface area contributed by atoms with Crippen LogP contribution < -0.4 is 0 Å². The van der Waals surface area contributed by atoms with Gasteiger partial charge in [0.15, 0.2) is 0 Å². The molecule has 4 aromatic carbocycles. The molecule has 0 aliphatic carbocycles. The highest BCUT2D eigenvalue weighted by molar-refractivity contribution is 6.10. The molecule has 2 nitrogen and oxygen atoms in total. The minimum Gasteiger partial charge on any atom is -0.341 e. The van der Waals surface area contributed by atoms with E-state index in [2.05, 4.69) is 121 Å². The Kier molecular flexibility index (Phi) is 4.77. The number of rotatable bonds is 4. The van der Waals surface area contributed by atoms with Crippen LogP contribution in [0.5, 0.6) is 0 Å². The second-order valence-corrected chi connectivity index (χ2v) is 8.35. The summed E-state index contributed by atoms with van der Waals surface area (Å²) in [6.07, 6.45) is 0. The molecule has 158 valence electrons. The van der Waals surface area contributed by atoms with E-state index in [-0.39, 0.29) is 0 Å². The molecule has 6 aromatic rings. The van der Waals surface area contributed by atoms with Crippen molar-refractivity contribution in [3.63, 3.8) is 0 Å². The van der Waals surface area contributed by atoms with Gasteiger partial charge in [-0.2, -0.15) is 0 Å². The first kappa shape index (κ1) is 19.5. The number of benzene rings is 4. The van der Waals surface area contributed by atoms with Crippen LogP contribution in [-0.4, -0.2) is 9.55 Å². The topological polar surface area (TPSA) is 17.8 Å². The third kappa shape index (κ3) is 3.41. The van der Waals surface area contributed by atoms with Crippen LogP contribution in [0.1, 0.15) is 6.92 Å². The number of pyridine rings is 1. The van der Waals surface area contributed by atoms with Crippen molar-refractivity contribution in [2.24, 2.45) is 0 Å². The minimum atomic E-state index is 0.922. The maximum Gasteiger partial charge on any atom is 0.0710 e. The van der Waals surface area contributed by atoms with Gasteiger partial charge in [-0.3, -0.25) is 0 Å². The summed E-state index contributed by atoms with van der Waals surface area (Å²) in [5.41, 5.74) is 9.29. The van der Waals surface area contributed by atoms with Gasteiger partial charge in [0, 0.05) is 39.5 Å². The van der Waals surface area contributed by atoms with E-state index in [0.717, 1.165) is 29.1 Å². The smallest absolute Gasteiger partial charge is 0.0710 e. The molecule has 2 heteroatoms. The molecule has 0 spiro atoms. The van der Waals surface area contributed by atoms with E-state index < -0.39 is 0 Å². The summed E-state index contributed by atoms with van der Waals surface area (Å²) in [7, 11) is 0. The van der Waals surface area contributed by atoms with Crippen LogP contribution in [0.3, 0.4) is 0 Å². The van der Waals surface area contributed by atoms with Crippen molar-refractivity contribution in [1.29, 1.82) is 0 Å². The molecule has 33 heavy (non-hydrogen) atoms. The fourth-order valence-corrected chi connectivity index (χ4v) is 4.77. The summed E-state index contributed by atoms with van der Waals surface area (Å²) >= 11 is 0. The zero-order chi connectivity index (χ0) is 22.2. The second-order valence-electron chi connectivity index (χ2n) is 8.35. The summed E-state index contributed by atoms with van der Waals surface area (Å²) in [6.45, 7) is 3.14. The van der Waals surface area contributed by atoms with E-state index >= 15 is 0 Å². The lowest BCUT2D eigenvalue weighted by atomic mass is 10.0. The van der Waals surface area contributed by atoms with Crippen LogP contribution in [0.4, 0.5) is 0 Å². The molecule has 0 atom stereocenters. The molecule has 0 amide bonds. The van der Waals surface area contributed by atoms with Gasteiger partial charge in [0.25, 0.3) is 0 Å². The highest BCUT2D eigenvalue weighted by atomic mass is 15.0. The van der Waals surface area contributed by atoms with Gasteiger partial charge >= 0.3 is 0 Å². The van der Waals surface area contributed by atoms with Gasteiger partial charge in [0.05, 0.1) is 11.4 Å². The molecule has 2 aromatic heterocycles. The summed E-state index contributed by atoms with van der Waals surface area (Å²) in [5, 5.41) is 2.58. The Morgan fingerprint density at radius 3 is 1.91 bits per heavy atom. The highest BCUT2D eigenvalue weighted by Gasteiger charge is 2.13. The number of fused-ring (bicyclic) bond motifs is 3. The molecule has 0 fully saturated rings. The molecule has 0 bridgehead atoms. The lowest BCUT2D eigenvalue weighted by Crippen LogP contribution is -1.94. The fraction of sp³-hybridized carbons (Fsp3) is 0.0645. The Balaban J connectivity index is 1.50. The van der Waals surface area contributed by atoms with Gasteiger partial charge in [0.1, 0.15) is 0 Å². The van der Waals surface area contributed by atoms with Gasteiger partial charge in [-0.05, 0) is 48.4 Å². The van der Waals surface area contributed by atoms with Gasteiger partial charge < -0.3 is 4.57 Å². The standard InChI is InChI=1S/C31H24N2/c1-2-33-30-19-17-24(22-10-5-3-6-11-22)20-27(30)26-18-16-25(21-31(26)33)29-15-9-14-28(32-29)23-12-7-4-8-13-23/h3-21H,2H2,1H3. The molecular weight excluding hydrogens is 400 g/mol. The molecule has 0 saturated heterocycles. The van der Waals surface area contributed by atoms with Crippen LogP contribution in [0.15, 0.2) is 115 Å². The second kappa shape index (κ2) is 8.07. The average molecular weight is 425 g/mol. The maximum absolute atomic E-state index is 4.97. The van der Waals surface area contributed by atoms with Gasteiger partial charge in [0.2, 0.25) is 0 Å². The third-order valence-electron chi connectivity index (χ3n) is 6.40. The summed E-state index contributed by atoms with van der Waals surface area (Å²) in [4.78, 5) is 4.97. The van der Waals surface area contributed by atoms with Crippen LogP contribution >= 0.6 is 0 Å². The number of hydrogen-bond donors (Lipinski definition) is 0. The molecule has 0 radical (unpaired) electrons. The fourth-order valence-electron chi connectivity index (χ4n) is 4.77. The number of nitrogens with zero attached hydrogens (tertiary/aromatic N) is 2. The predicted molar refractivity (Wildman–Crippen MR) is 139 cm³/mol. The molecule has 0 aliphatic rings. The molecule has 2 heterocycles.